The molecule has 2 unspecified atom stereocenters. The Morgan fingerprint density at radius 2 is 1.95 bits per heavy atom. The van der Waals surface area contributed by atoms with Crippen LogP contribution in [0.5, 0.6) is 5.75 Å². The maximum absolute atomic E-state index is 9.71. The summed E-state index contributed by atoms with van der Waals surface area (Å²) in [6, 6.07) is 8.38. The van der Waals surface area contributed by atoms with Crippen molar-refractivity contribution in [1.29, 1.82) is 0 Å². The van der Waals surface area contributed by atoms with E-state index < -0.39 is 6.29 Å². The standard InChI is InChI=1S/C15H20O3S2/c1-17-13-5-3-11(4-6-13)15(19-7-2-8-20-15)12-9-14(16)18-10-12/h3-6,12,14,16H,2,7-10H2,1H3. The van der Waals surface area contributed by atoms with Gasteiger partial charge in [0, 0.05) is 12.3 Å². The number of thioether (sulfide) groups is 2. The van der Waals surface area contributed by atoms with Gasteiger partial charge in [0.05, 0.1) is 17.8 Å². The average molecular weight is 312 g/mol. The highest BCUT2D eigenvalue weighted by atomic mass is 32.2. The van der Waals surface area contributed by atoms with Gasteiger partial charge in [-0.3, -0.25) is 0 Å². The van der Waals surface area contributed by atoms with Crippen LogP contribution in [0.3, 0.4) is 0 Å². The Morgan fingerprint density at radius 1 is 1.25 bits per heavy atom. The van der Waals surface area contributed by atoms with E-state index in [0.29, 0.717) is 12.5 Å². The number of methoxy groups -OCH3 is 1. The molecule has 3 rings (SSSR count). The van der Waals surface area contributed by atoms with Crippen molar-refractivity contribution < 1.29 is 14.6 Å². The van der Waals surface area contributed by atoms with Gasteiger partial charge in [-0.25, -0.2) is 0 Å². The minimum absolute atomic E-state index is 0.0159. The van der Waals surface area contributed by atoms with E-state index in [0.717, 1.165) is 12.2 Å². The van der Waals surface area contributed by atoms with E-state index in [1.807, 2.05) is 35.7 Å². The van der Waals surface area contributed by atoms with Crippen molar-refractivity contribution in [2.24, 2.45) is 5.92 Å². The number of ether oxygens (including phenoxy) is 2. The van der Waals surface area contributed by atoms with Gasteiger partial charge in [-0.15, -0.1) is 23.5 Å². The maximum atomic E-state index is 9.71. The van der Waals surface area contributed by atoms with Crippen LogP contribution >= 0.6 is 23.5 Å². The molecule has 20 heavy (non-hydrogen) atoms. The van der Waals surface area contributed by atoms with Crippen LogP contribution in [0, 0.1) is 5.92 Å². The number of rotatable bonds is 3. The lowest BCUT2D eigenvalue weighted by Gasteiger charge is -2.40. The van der Waals surface area contributed by atoms with Crippen LogP contribution in [-0.2, 0) is 8.82 Å². The Labute approximate surface area is 128 Å². The smallest absolute Gasteiger partial charge is 0.154 e. The summed E-state index contributed by atoms with van der Waals surface area (Å²) < 4.78 is 10.7. The maximum Gasteiger partial charge on any atom is 0.154 e. The first kappa shape index (κ1) is 14.6. The Morgan fingerprint density at radius 3 is 2.50 bits per heavy atom. The van der Waals surface area contributed by atoms with Crippen molar-refractivity contribution in [1.82, 2.24) is 0 Å². The second kappa shape index (κ2) is 6.18. The van der Waals surface area contributed by atoms with Crippen LogP contribution in [0.2, 0.25) is 0 Å². The molecule has 5 heteroatoms. The molecule has 1 N–H and O–H groups in total. The first-order valence-corrected chi connectivity index (χ1v) is 8.94. The fourth-order valence-corrected chi connectivity index (χ4v) is 6.49. The quantitative estimate of drug-likeness (QED) is 0.928. The van der Waals surface area contributed by atoms with Crippen molar-refractivity contribution >= 4 is 23.5 Å². The van der Waals surface area contributed by atoms with Crippen molar-refractivity contribution in [2.75, 3.05) is 25.2 Å². The molecule has 0 radical (unpaired) electrons. The van der Waals surface area contributed by atoms with Gasteiger partial charge in [0.1, 0.15) is 5.75 Å². The molecule has 2 saturated heterocycles. The highest BCUT2D eigenvalue weighted by Gasteiger charge is 2.46. The molecule has 2 aliphatic rings. The molecular formula is C15H20O3S2. The fourth-order valence-electron chi connectivity index (χ4n) is 2.88. The Bertz CT molecular complexity index is 443. The molecule has 0 amide bonds. The van der Waals surface area contributed by atoms with Crippen LogP contribution in [0.1, 0.15) is 18.4 Å². The number of benzene rings is 1. The fraction of sp³-hybridized carbons (Fsp3) is 0.600. The topological polar surface area (TPSA) is 38.7 Å². The molecule has 2 aliphatic heterocycles. The molecule has 110 valence electrons. The summed E-state index contributed by atoms with van der Waals surface area (Å²) >= 11 is 4.02. The SMILES string of the molecule is COc1ccc(C2(C3COC(O)C3)SCCCS2)cc1. The molecular weight excluding hydrogens is 292 g/mol. The highest BCUT2D eigenvalue weighted by Crippen LogP contribution is 2.57. The lowest BCUT2D eigenvalue weighted by atomic mass is 9.96. The summed E-state index contributed by atoms with van der Waals surface area (Å²) in [7, 11) is 1.69. The molecule has 0 spiro atoms. The summed E-state index contributed by atoms with van der Waals surface area (Å²) in [5.74, 6) is 3.59. The average Bonchev–Trinajstić information content (AvgIpc) is 2.95. The molecule has 2 heterocycles. The van der Waals surface area contributed by atoms with Crippen molar-refractivity contribution in [3.8, 4) is 5.75 Å². The normalized spacial score (nSPS) is 29.3. The Balaban J connectivity index is 1.91. The van der Waals surface area contributed by atoms with Gasteiger partial charge < -0.3 is 14.6 Å². The van der Waals surface area contributed by atoms with Crippen molar-refractivity contribution in [2.45, 2.75) is 23.2 Å². The first-order valence-electron chi connectivity index (χ1n) is 6.97. The zero-order chi connectivity index (χ0) is 14.0. The van der Waals surface area contributed by atoms with E-state index in [4.69, 9.17) is 9.47 Å². The van der Waals surface area contributed by atoms with Gasteiger partial charge in [-0.1, -0.05) is 12.1 Å². The van der Waals surface area contributed by atoms with E-state index in [-0.39, 0.29) is 4.08 Å². The van der Waals surface area contributed by atoms with Crippen LogP contribution in [0.4, 0.5) is 0 Å². The van der Waals surface area contributed by atoms with E-state index >= 15 is 0 Å². The van der Waals surface area contributed by atoms with Crippen LogP contribution in [0.15, 0.2) is 24.3 Å². The van der Waals surface area contributed by atoms with Crippen molar-refractivity contribution in [3.05, 3.63) is 29.8 Å². The number of aliphatic hydroxyl groups excluding tert-OH is 1. The summed E-state index contributed by atoms with van der Waals surface area (Å²) in [6.45, 7) is 0.646. The summed E-state index contributed by atoms with van der Waals surface area (Å²) in [6.07, 6.45) is 1.38. The van der Waals surface area contributed by atoms with Crippen molar-refractivity contribution in [3.63, 3.8) is 0 Å². The summed E-state index contributed by atoms with van der Waals surface area (Å²) in [5.41, 5.74) is 1.32. The third-order valence-corrected chi connectivity index (χ3v) is 7.62. The van der Waals surface area contributed by atoms with Crippen LogP contribution in [-0.4, -0.2) is 36.6 Å². The lowest BCUT2D eigenvalue weighted by Crippen LogP contribution is -2.32. The Hall–Kier alpha value is -0.360. The molecule has 0 aliphatic carbocycles. The second-order valence-corrected chi connectivity index (χ2v) is 8.11. The van der Waals surface area contributed by atoms with Gasteiger partial charge in [0.25, 0.3) is 0 Å². The van der Waals surface area contributed by atoms with E-state index in [1.165, 1.54) is 23.5 Å². The first-order chi connectivity index (χ1) is 9.74. The zero-order valence-corrected chi connectivity index (χ0v) is 13.2. The van der Waals surface area contributed by atoms with Gasteiger partial charge in [0.2, 0.25) is 0 Å². The van der Waals surface area contributed by atoms with E-state index in [1.54, 1.807) is 7.11 Å². The van der Waals surface area contributed by atoms with Gasteiger partial charge >= 0.3 is 0 Å². The number of aliphatic hydroxyl groups is 1. The second-order valence-electron chi connectivity index (χ2n) is 5.17. The zero-order valence-electron chi connectivity index (χ0n) is 11.6. The lowest BCUT2D eigenvalue weighted by molar-refractivity contribution is -0.0591. The molecule has 0 aromatic heterocycles. The molecule has 0 bridgehead atoms. The molecule has 2 atom stereocenters. The van der Waals surface area contributed by atoms with Crippen LogP contribution in [0.25, 0.3) is 0 Å². The van der Waals surface area contributed by atoms with Gasteiger partial charge in [-0.05, 0) is 35.6 Å². The molecule has 3 nitrogen and oxygen atoms in total. The minimum Gasteiger partial charge on any atom is -0.497 e. The minimum atomic E-state index is -0.599. The Kier molecular flexibility index (Phi) is 4.50. The van der Waals surface area contributed by atoms with Gasteiger partial charge in [0.15, 0.2) is 6.29 Å². The van der Waals surface area contributed by atoms with E-state index in [2.05, 4.69) is 12.1 Å². The predicted molar refractivity (Wildman–Crippen MR) is 84.3 cm³/mol. The molecule has 1 aromatic carbocycles. The molecule has 0 saturated carbocycles. The summed E-state index contributed by atoms with van der Waals surface area (Å²) in [4.78, 5) is 0. The summed E-state index contributed by atoms with van der Waals surface area (Å²) in [5, 5.41) is 9.71. The number of hydrogen-bond acceptors (Lipinski definition) is 5. The number of hydrogen-bond donors (Lipinski definition) is 1. The third kappa shape index (κ3) is 2.69. The molecule has 2 fully saturated rings. The highest BCUT2D eigenvalue weighted by molar-refractivity contribution is 8.18. The third-order valence-electron chi connectivity index (χ3n) is 3.93. The largest absolute Gasteiger partial charge is 0.497 e. The molecule has 1 aromatic rings. The predicted octanol–water partition coefficient (Wildman–Crippen LogP) is 3.07. The van der Waals surface area contributed by atoms with Gasteiger partial charge in [-0.2, -0.15) is 0 Å². The monoisotopic (exact) mass is 312 g/mol. The van der Waals surface area contributed by atoms with E-state index in [9.17, 15) is 5.11 Å². The van der Waals surface area contributed by atoms with Crippen LogP contribution < -0.4 is 4.74 Å².